The van der Waals surface area contributed by atoms with Crippen LogP contribution >= 0.6 is 11.8 Å². The second kappa shape index (κ2) is 8.14. The first-order valence-corrected chi connectivity index (χ1v) is 9.31. The van der Waals surface area contributed by atoms with Gasteiger partial charge in [-0.2, -0.15) is 0 Å². The number of carbonyl (C=O) groups is 1. The predicted molar refractivity (Wildman–Crippen MR) is 104 cm³/mol. The van der Waals surface area contributed by atoms with E-state index in [1.807, 2.05) is 17.7 Å². The van der Waals surface area contributed by atoms with E-state index in [4.69, 9.17) is 0 Å². The van der Waals surface area contributed by atoms with E-state index < -0.39 is 0 Å². The highest BCUT2D eigenvalue weighted by Crippen LogP contribution is 2.26. The van der Waals surface area contributed by atoms with Gasteiger partial charge in [-0.15, -0.1) is 0 Å². The number of thioether (sulfide) groups is 1. The minimum Gasteiger partial charge on any atom is -0.295 e. The zero-order chi connectivity index (χ0) is 18.5. The number of hydrogen-bond acceptors (Lipinski definition) is 5. The van der Waals surface area contributed by atoms with Crippen LogP contribution < -0.4 is 5.32 Å². The fourth-order valence-electron chi connectivity index (χ4n) is 2.38. The summed E-state index contributed by atoms with van der Waals surface area (Å²) in [5.41, 5.74) is 2.31. The summed E-state index contributed by atoms with van der Waals surface area (Å²) in [7, 11) is 0. The molecular formula is C19H21N5OS. The highest BCUT2D eigenvalue weighted by molar-refractivity contribution is 8.00. The van der Waals surface area contributed by atoms with Crippen molar-refractivity contribution in [2.24, 2.45) is 0 Å². The van der Waals surface area contributed by atoms with E-state index in [1.165, 1.54) is 17.3 Å². The lowest BCUT2D eigenvalue weighted by molar-refractivity contribution is -0.115. The molecule has 1 N–H and O–H groups in total. The molecule has 0 saturated carbocycles. The van der Waals surface area contributed by atoms with E-state index in [9.17, 15) is 4.79 Å². The molecule has 2 aromatic heterocycles. The largest absolute Gasteiger partial charge is 0.295 e. The SMILES string of the molecule is CC(Sc1nccn1-c1ccc(C(C)C)cc1)C(=O)Nc1ncccn1. The average molecular weight is 367 g/mol. The van der Waals surface area contributed by atoms with Crippen LogP contribution in [0.1, 0.15) is 32.3 Å². The Kier molecular flexibility index (Phi) is 5.68. The number of carbonyl (C=O) groups excluding carboxylic acids is 1. The number of amides is 1. The summed E-state index contributed by atoms with van der Waals surface area (Å²) in [6.07, 6.45) is 6.82. The minimum atomic E-state index is -0.338. The molecule has 1 amide bonds. The van der Waals surface area contributed by atoms with Crippen LogP contribution in [0, 0.1) is 0 Å². The molecule has 0 radical (unpaired) electrons. The first-order valence-electron chi connectivity index (χ1n) is 8.43. The Bertz CT molecular complexity index is 861. The van der Waals surface area contributed by atoms with E-state index in [0.717, 1.165) is 10.8 Å². The molecule has 26 heavy (non-hydrogen) atoms. The monoisotopic (exact) mass is 367 g/mol. The molecule has 0 saturated heterocycles. The number of imidazole rings is 1. The van der Waals surface area contributed by atoms with E-state index in [1.54, 1.807) is 24.7 Å². The minimum absolute atomic E-state index is 0.161. The molecule has 0 aliphatic heterocycles. The van der Waals surface area contributed by atoms with E-state index in [0.29, 0.717) is 11.9 Å². The molecule has 6 nitrogen and oxygen atoms in total. The number of benzene rings is 1. The van der Waals surface area contributed by atoms with Crippen molar-refractivity contribution in [1.29, 1.82) is 0 Å². The summed E-state index contributed by atoms with van der Waals surface area (Å²) in [4.78, 5) is 24.8. The Morgan fingerprint density at radius 2 is 1.73 bits per heavy atom. The molecule has 3 aromatic rings. The Morgan fingerprint density at radius 3 is 2.38 bits per heavy atom. The van der Waals surface area contributed by atoms with Crippen LogP contribution in [0.2, 0.25) is 0 Å². The molecule has 7 heteroatoms. The molecule has 0 aliphatic rings. The number of aromatic nitrogens is 4. The number of nitrogens with zero attached hydrogens (tertiary/aromatic N) is 4. The van der Waals surface area contributed by atoms with Gasteiger partial charge in [-0.1, -0.05) is 37.7 Å². The topological polar surface area (TPSA) is 72.7 Å². The first kappa shape index (κ1) is 18.1. The standard InChI is InChI=1S/C19H21N5OS/c1-13(2)15-5-7-16(8-6-15)24-12-11-22-19(24)26-14(3)17(25)23-18-20-9-4-10-21-18/h4-14H,1-3H3,(H,20,21,23,25). The quantitative estimate of drug-likeness (QED) is 0.669. The first-order chi connectivity index (χ1) is 12.5. The van der Waals surface area contributed by atoms with E-state index in [2.05, 4.69) is 58.4 Å². The van der Waals surface area contributed by atoms with E-state index in [-0.39, 0.29) is 11.2 Å². The van der Waals surface area contributed by atoms with Crippen molar-refractivity contribution in [2.75, 3.05) is 5.32 Å². The zero-order valence-corrected chi connectivity index (χ0v) is 15.8. The third kappa shape index (κ3) is 4.29. The maximum Gasteiger partial charge on any atom is 0.240 e. The zero-order valence-electron chi connectivity index (χ0n) is 15.0. The van der Waals surface area contributed by atoms with Crippen molar-refractivity contribution in [3.63, 3.8) is 0 Å². The Morgan fingerprint density at radius 1 is 1.04 bits per heavy atom. The lowest BCUT2D eigenvalue weighted by atomic mass is 10.0. The summed E-state index contributed by atoms with van der Waals surface area (Å²) < 4.78 is 1.98. The van der Waals surface area contributed by atoms with Crippen LogP contribution in [0.5, 0.6) is 0 Å². The second-order valence-electron chi connectivity index (χ2n) is 6.15. The summed E-state index contributed by atoms with van der Waals surface area (Å²) in [6, 6.07) is 10.1. The highest BCUT2D eigenvalue weighted by atomic mass is 32.2. The van der Waals surface area contributed by atoms with Crippen LogP contribution in [0.3, 0.4) is 0 Å². The summed E-state index contributed by atoms with van der Waals surface area (Å²) in [5, 5.41) is 3.14. The van der Waals surface area contributed by atoms with Crippen LogP contribution in [-0.4, -0.2) is 30.7 Å². The number of rotatable bonds is 6. The summed E-state index contributed by atoms with van der Waals surface area (Å²) in [6.45, 7) is 6.18. The van der Waals surface area contributed by atoms with Gasteiger partial charge < -0.3 is 0 Å². The van der Waals surface area contributed by atoms with Gasteiger partial charge in [0.05, 0.1) is 5.25 Å². The molecule has 1 aromatic carbocycles. The lowest BCUT2D eigenvalue weighted by Gasteiger charge is -2.13. The molecule has 3 rings (SSSR count). The van der Waals surface area contributed by atoms with Gasteiger partial charge in [0.1, 0.15) is 0 Å². The van der Waals surface area contributed by atoms with Crippen molar-refractivity contribution in [1.82, 2.24) is 19.5 Å². The number of nitrogens with one attached hydrogen (secondary N) is 1. The maximum absolute atomic E-state index is 12.4. The summed E-state index contributed by atoms with van der Waals surface area (Å²) >= 11 is 1.39. The molecule has 0 bridgehead atoms. The molecule has 1 atom stereocenters. The van der Waals surface area contributed by atoms with Crippen molar-refractivity contribution in [3.05, 3.63) is 60.7 Å². The van der Waals surface area contributed by atoms with Crippen LogP contribution in [0.4, 0.5) is 5.95 Å². The fourth-order valence-corrected chi connectivity index (χ4v) is 3.26. The lowest BCUT2D eigenvalue weighted by Crippen LogP contribution is -2.23. The maximum atomic E-state index is 12.4. The van der Waals surface area contributed by atoms with Crippen molar-refractivity contribution in [3.8, 4) is 5.69 Å². The molecule has 0 aliphatic carbocycles. The Balaban J connectivity index is 1.71. The fraction of sp³-hybridized carbons (Fsp3) is 0.263. The molecule has 134 valence electrons. The smallest absolute Gasteiger partial charge is 0.240 e. The highest BCUT2D eigenvalue weighted by Gasteiger charge is 2.18. The van der Waals surface area contributed by atoms with Gasteiger partial charge in [0, 0.05) is 30.5 Å². The number of hydrogen-bond donors (Lipinski definition) is 1. The molecular weight excluding hydrogens is 346 g/mol. The third-order valence-electron chi connectivity index (χ3n) is 3.90. The van der Waals surface area contributed by atoms with Crippen molar-refractivity contribution >= 4 is 23.6 Å². The molecule has 2 heterocycles. The van der Waals surface area contributed by atoms with Crippen molar-refractivity contribution < 1.29 is 4.79 Å². The van der Waals surface area contributed by atoms with E-state index >= 15 is 0 Å². The summed E-state index contributed by atoms with van der Waals surface area (Å²) in [5.74, 6) is 0.632. The van der Waals surface area contributed by atoms with Crippen LogP contribution in [0.15, 0.2) is 60.3 Å². The van der Waals surface area contributed by atoms with Gasteiger partial charge in [-0.3, -0.25) is 14.7 Å². The van der Waals surface area contributed by atoms with Gasteiger partial charge >= 0.3 is 0 Å². The average Bonchev–Trinajstić information content (AvgIpc) is 3.10. The molecule has 0 fully saturated rings. The van der Waals surface area contributed by atoms with Gasteiger partial charge in [0.2, 0.25) is 11.9 Å². The van der Waals surface area contributed by atoms with Crippen molar-refractivity contribution in [2.45, 2.75) is 37.1 Å². The van der Waals surface area contributed by atoms with Crippen LogP contribution in [-0.2, 0) is 4.79 Å². The molecule has 0 spiro atoms. The van der Waals surface area contributed by atoms with Gasteiger partial charge in [0.25, 0.3) is 0 Å². The Labute approximate surface area is 157 Å². The third-order valence-corrected chi connectivity index (χ3v) is 4.98. The molecule has 1 unspecified atom stereocenters. The number of anilines is 1. The van der Waals surface area contributed by atoms with Crippen LogP contribution in [0.25, 0.3) is 5.69 Å². The Hall–Kier alpha value is -2.67. The second-order valence-corrected chi connectivity index (χ2v) is 7.46. The van der Waals surface area contributed by atoms with Gasteiger partial charge in [-0.05, 0) is 36.6 Å². The van der Waals surface area contributed by atoms with Gasteiger partial charge in [-0.25, -0.2) is 15.0 Å². The predicted octanol–water partition coefficient (Wildman–Crippen LogP) is 3.91. The van der Waals surface area contributed by atoms with Gasteiger partial charge in [0.15, 0.2) is 5.16 Å². The normalized spacial score (nSPS) is 12.2.